The zero-order valence-electron chi connectivity index (χ0n) is 15.4. The lowest BCUT2D eigenvalue weighted by molar-refractivity contribution is -0.137. The Balaban J connectivity index is 2.06. The first kappa shape index (κ1) is 19.7. The Bertz CT molecular complexity index is 711. The van der Waals surface area contributed by atoms with Crippen molar-refractivity contribution in [3.05, 3.63) is 71.8 Å². The van der Waals surface area contributed by atoms with E-state index >= 15 is 0 Å². The van der Waals surface area contributed by atoms with Crippen LogP contribution in [0.1, 0.15) is 50.2 Å². The summed E-state index contributed by atoms with van der Waals surface area (Å²) in [6, 6.07) is 20.2. The maximum atomic E-state index is 12.6. The summed E-state index contributed by atoms with van der Waals surface area (Å²) in [7, 11) is 0. The Hall–Kier alpha value is -2.62. The number of hydrogen-bond donors (Lipinski definition) is 2. The molecule has 0 aliphatic rings. The van der Waals surface area contributed by atoms with E-state index < -0.39 is 11.5 Å². The lowest BCUT2D eigenvalue weighted by Gasteiger charge is -2.27. The first-order valence-electron chi connectivity index (χ1n) is 8.97. The van der Waals surface area contributed by atoms with Crippen LogP contribution in [0, 0.1) is 0 Å². The molecule has 0 aliphatic heterocycles. The van der Waals surface area contributed by atoms with Crippen molar-refractivity contribution in [2.75, 3.05) is 0 Å². The van der Waals surface area contributed by atoms with Gasteiger partial charge in [-0.3, -0.25) is 9.59 Å². The van der Waals surface area contributed by atoms with Gasteiger partial charge in [-0.05, 0) is 43.7 Å². The van der Waals surface area contributed by atoms with Crippen LogP contribution >= 0.6 is 0 Å². The minimum absolute atomic E-state index is 0.0411. The smallest absolute Gasteiger partial charge is 0.303 e. The molecule has 138 valence electrons. The number of carboxylic acids is 1. The average molecular weight is 353 g/mol. The molecule has 1 amide bonds. The molecule has 4 heteroatoms. The summed E-state index contributed by atoms with van der Waals surface area (Å²) in [4.78, 5) is 23.4. The Morgan fingerprint density at radius 3 is 2.15 bits per heavy atom. The molecule has 0 aliphatic carbocycles. The van der Waals surface area contributed by atoms with Crippen molar-refractivity contribution >= 4 is 11.9 Å². The lowest BCUT2D eigenvalue weighted by atomic mass is 9.88. The summed E-state index contributed by atoms with van der Waals surface area (Å²) in [6.07, 6.45) is 1.60. The fourth-order valence-corrected chi connectivity index (χ4v) is 3.07. The minimum atomic E-state index is -0.849. The third kappa shape index (κ3) is 6.71. The maximum absolute atomic E-state index is 12.6. The second-order valence-electron chi connectivity index (χ2n) is 7.33. The van der Waals surface area contributed by atoms with Gasteiger partial charge >= 0.3 is 5.97 Å². The molecule has 0 radical (unpaired) electrons. The quantitative estimate of drug-likeness (QED) is 0.711. The first-order valence-corrected chi connectivity index (χ1v) is 8.97. The zero-order chi connectivity index (χ0) is 19.0. The summed E-state index contributed by atoms with van der Waals surface area (Å²) in [5.74, 6) is -0.822. The van der Waals surface area contributed by atoms with E-state index in [0.717, 1.165) is 12.0 Å². The van der Waals surface area contributed by atoms with Gasteiger partial charge in [0.25, 0.3) is 0 Å². The van der Waals surface area contributed by atoms with Crippen LogP contribution in [0.15, 0.2) is 60.7 Å². The molecule has 0 saturated carbocycles. The number of nitrogens with one attached hydrogen (secondary N) is 1. The van der Waals surface area contributed by atoms with Gasteiger partial charge in [0.1, 0.15) is 0 Å². The maximum Gasteiger partial charge on any atom is 0.303 e. The third-order valence-electron chi connectivity index (χ3n) is 4.47. The van der Waals surface area contributed by atoms with Crippen LogP contribution in [0.2, 0.25) is 0 Å². The van der Waals surface area contributed by atoms with Crippen LogP contribution in [0.25, 0.3) is 0 Å². The van der Waals surface area contributed by atoms with E-state index in [2.05, 4.69) is 29.6 Å². The van der Waals surface area contributed by atoms with Gasteiger partial charge in [0.15, 0.2) is 0 Å². The van der Waals surface area contributed by atoms with Crippen molar-refractivity contribution in [1.82, 2.24) is 5.32 Å². The van der Waals surface area contributed by atoms with Gasteiger partial charge in [-0.2, -0.15) is 0 Å². The molecule has 1 atom stereocenters. The van der Waals surface area contributed by atoms with E-state index in [1.54, 1.807) is 0 Å². The minimum Gasteiger partial charge on any atom is -0.481 e. The summed E-state index contributed by atoms with van der Waals surface area (Å²) < 4.78 is 0. The molecule has 0 spiro atoms. The van der Waals surface area contributed by atoms with Crippen LogP contribution in [0.3, 0.4) is 0 Å². The number of carbonyl (C=O) groups excluding carboxylic acids is 1. The highest BCUT2D eigenvalue weighted by Gasteiger charge is 2.24. The fraction of sp³-hybridized carbons (Fsp3) is 0.364. The monoisotopic (exact) mass is 353 g/mol. The summed E-state index contributed by atoms with van der Waals surface area (Å²) in [5.41, 5.74) is 1.79. The van der Waals surface area contributed by atoms with E-state index in [0.29, 0.717) is 12.8 Å². The highest BCUT2D eigenvalue weighted by molar-refractivity contribution is 5.78. The Morgan fingerprint density at radius 2 is 1.58 bits per heavy atom. The topological polar surface area (TPSA) is 66.4 Å². The zero-order valence-corrected chi connectivity index (χ0v) is 15.4. The van der Waals surface area contributed by atoms with E-state index in [1.807, 2.05) is 50.2 Å². The second-order valence-corrected chi connectivity index (χ2v) is 7.33. The van der Waals surface area contributed by atoms with Crippen molar-refractivity contribution in [2.45, 2.75) is 51.0 Å². The van der Waals surface area contributed by atoms with Crippen LogP contribution in [0.5, 0.6) is 0 Å². The van der Waals surface area contributed by atoms with Crippen LogP contribution in [-0.2, 0) is 16.0 Å². The Labute approximate surface area is 155 Å². The third-order valence-corrected chi connectivity index (χ3v) is 4.47. The Morgan fingerprint density at radius 1 is 1.00 bits per heavy atom. The average Bonchev–Trinajstić information content (AvgIpc) is 2.61. The second kappa shape index (κ2) is 9.18. The van der Waals surface area contributed by atoms with Crippen LogP contribution in [-0.4, -0.2) is 22.5 Å². The molecule has 0 aromatic heterocycles. The van der Waals surface area contributed by atoms with Crippen LogP contribution < -0.4 is 5.32 Å². The van der Waals surface area contributed by atoms with Crippen molar-refractivity contribution < 1.29 is 14.7 Å². The highest BCUT2D eigenvalue weighted by atomic mass is 16.4. The standard InChI is InChI=1S/C22H27NO3/c1-22(2,14-13-21(25)26)23-20(24)16-19(18-11-7-4-8-12-18)15-17-9-5-3-6-10-17/h3-12,19H,13-16H2,1-2H3,(H,23,24)(H,25,26). The first-order chi connectivity index (χ1) is 12.4. The van der Waals surface area contributed by atoms with Crippen molar-refractivity contribution in [3.8, 4) is 0 Å². The highest BCUT2D eigenvalue weighted by Crippen LogP contribution is 2.25. The molecule has 1 unspecified atom stereocenters. The van der Waals surface area contributed by atoms with E-state index in [-0.39, 0.29) is 18.2 Å². The number of carboxylic acid groups (broad SMARTS) is 1. The molecule has 2 aromatic carbocycles. The van der Waals surface area contributed by atoms with Crippen molar-refractivity contribution in [2.24, 2.45) is 0 Å². The summed E-state index contributed by atoms with van der Waals surface area (Å²) in [6.45, 7) is 3.73. The lowest BCUT2D eigenvalue weighted by Crippen LogP contribution is -2.44. The van der Waals surface area contributed by atoms with Gasteiger partial charge in [-0.25, -0.2) is 0 Å². The molecular weight excluding hydrogens is 326 g/mol. The molecule has 2 aromatic rings. The largest absolute Gasteiger partial charge is 0.481 e. The van der Waals surface area contributed by atoms with Crippen molar-refractivity contribution in [1.29, 1.82) is 0 Å². The Kier molecular flexibility index (Phi) is 6.96. The van der Waals surface area contributed by atoms with Gasteiger partial charge in [-0.15, -0.1) is 0 Å². The number of rotatable bonds is 9. The molecule has 0 fully saturated rings. The van der Waals surface area contributed by atoms with Gasteiger partial charge < -0.3 is 10.4 Å². The van der Waals surface area contributed by atoms with E-state index in [1.165, 1.54) is 5.56 Å². The molecule has 2 N–H and O–H groups in total. The molecule has 2 rings (SSSR count). The summed E-state index contributed by atoms with van der Waals surface area (Å²) >= 11 is 0. The van der Waals surface area contributed by atoms with Gasteiger partial charge in [0.2, 0.25) is 5.91 Å². The number of carbonyl (C=O) groups is 2. The molecule has 0 heterocycles. The molecule has 4 nitrogen and oxygen atoms in total. The number of amides is 1. The number of benzene rings is 2. The molecule has 0 bridgehead atoms. The normalized spacial score (nSPS) is 12.4. The fourth-order valence-electron chi connectivity index (χ4n) is 3.07. The molecule has 26 heavy (non-hydrogen) atoms. The SMILES string of the molecule is CC(C)(CCC(=O)O)NC(=O)CC(Cc1ccccc1)c1ccccc1. The van der Waals surface area contributed by atoms with E-state index in [9.17, 15) is 9.59 Å². The van der Waals surface area contributed by atoms with Crippen LogP contribution in [0.4, 0.5) is 0 Å². The van der Waals surface area contributed by atoms with Gasteiger partial charge in [0.05, 0.1) is 0 Å². The molecule has 0 saturated heterocycles. The van der Waals surface area contributed by atoms with Gasteiger partial charge in [0, 0.05) is 18.4 Å². The molecular formula is C22H27NO3. The number of aliphatic carboxylic acids is 1. The van der Waals surface area contributed by atoms with E-state index in [4.69, 9.17) is 5.11 Å². The summed E-state index contributed by atoms with van der Waals surface area (Å²) in [5, 5.41) is 11.9. The van der Waals surface area contributed by atoms with Gasteiger partial charge in [-0.1, -0.05) is 60.7 Å². The predicted molar refractivity (Wildman–Crippen MR) is 103 cm³/mol. The van der Waals surface area contributed by atoms with Crippen molar-refractivity contribution in [3.63, 3.8) is 0 Å². The predicted octanol–water partition coefficient (Wildman–Crippen LogP) is 4.16. The number of hydrogen-bond acceptors (Lipinski definition) is 2.